The molecule has 4 saturated carbocycles. The summed E-state index contributed by atoms with van der Waals surface area (Å²) in [5, 5.41) is 0. The van der Waals surface area contributed by atoms with Gasteiger partial charge in [-0.05, 0) is 109 Å². The maximum atomic E-state index is 11.9. The fourth-order valence-electron chi connectivity index (χ4n) is 10.9. The maximum absolute atomic E-state index is 11.9. The van der Waals surface area contributed by atoms with Crippen molar-refractivity contribution in [2.24, 2.45) is 50.2 Å². The van der Waals surface area contributed by atoms with Gasteiger partial charge in [-0.25, -0.2) is 0 Å². The van der Waals surface area contributed by atoms with Crippen molar-refractivity contribution >= 4 is 5.97 Å². The van der Waals surface area contributed by atoms with Crippen molar-refractivity contribution < 1.29 is 9.53 Å². The lowest BCUT2D eigenvalue weighted by molar-refractivity contribution is -0.211. The third-order valence-electron chi connectivity index (χ3n) is 13.3. The van der Waals surface area contributed by atoms with Crippen LogP contribution in [0.5, 0.6) is 0 Å². The van der Waals surface area contributed by atoms with Crippen LogP contribution < -0.4 is 0 Å². The van der Waals surface area contributed by atoms with Gasteiger partial charge in [-0.1, -0.05) is 67.0 Å². The summed E-state index contributed by atoms with van der Waals surface area (Å²) in [6.45, 7) is 22.0. The Bertz CT molecular complexity index is 897. The molecule has 0 N–H and O–H groups in total. The van der Waals surface area contributed by atoms with Gasteiger partial charge in [0.15, 0.2) is 0 Å². The molecule has 192 valence electrons. The summed E-state index contributed by atoms with van der Waals surface area (Å²) in [6.07, 6.45) is 15.9. The number of ether oxygens (including phenoxy) is 1. The van der Waals surface area contributed by atoms with Gasteiger partial charge in [-0.2, -0.15) is 0 Å². The lowest BCUT2D eigenvalue weighted by Crippen LogP contribution is -2.64. The second-order valence-corrected chi connectivity index (χ2v) is 15.8. The lowest BCUT2D eigenvalue weighted by Gasteiger charge is -2.71. The van der Waals surface area contributed by atoms with Crippen molar-refractivity contribution in [1.29, 1.82) is 0 Å². The number of allylic oxidation sites excluding steroid dienone is 2. The van der Waals surface area contributed by atoms with Crippen molar-refractivity contribution in [1.82, 2.24) is 0 Å². The summed E-state index contributed by atoms with van der Waals surface area (Å²) < 4.78 is 5.91. The molecule has 0 aliphatic heterocycles. The van der Waals surface area contributed by atoms with E-state index in [1.165, 1.54) is 57.8 Å². The van der Waals surface area contributed by atoms with Gasteiger partial charge in [0, 0.05) is 12.3 Å². The van der Waals surface area contributed by atoms with E-state index in [-0.39, 0.29) is 17.5 Å². The SMILES string of the molecule is CC(=O)O[C@@H]1CC[C@@]2(C)[C@@H](CC[C@@]3(C)[C@H]2CC=C2[C@@H]4CC(C)(C)CC[C@]4(C)CC[C@]23C)C1(C)C. The molecule has 0 saturated heterocycles. The molecule has 4 fully saturated rings. The van der Waals surface area contributed by atoms with Crippen LogP contribution in [-0.2, 0) is 9.53 Å². The van der Waals surface area contributed by atoms with Crippen LogP contribution in [0.1, 0.15) is 127 Å². The Morgan fingerprint density at radius 3 is 2.21 bits per heavy atom. The van der Waals surface area contributed by atoms with E-state index < -0.39 is 0 Å². The molecule has 5 aliphatic carbocycles. The van der Waals surface area contributed by atoms with E-state index in [1.807, 2.05) is 5.57 Å². The molecule has 0 radical (unpaired) electrons. The Kier molecular flexibility index (Phi) is 5.40. The minimum absolute atomic E-state index is 0.0451. The fourth-order valence-corrected chi connectivity index (χ4v) is 10.9. The quantitative estimate of drug-likeness (QED) is 0.284. The first-order valence-electron chi connectivity index (χ1n) is 14.5. The highest BCUT2D eigenvalue weighted by molar-refractivity contribution is 5.66. The predicted octanol–water partition coefficient (Wildman–Crippen LogP) is 8.74. The Morgan fingerprint density at radius 1 is 0.853 bits per heavy atom. The molecule has 0 aromatic rings. The molecule has 2 nitrogen and oxygen atoms in total. The van der Waals surface area contributed by atoms with Gasteiger partial charge in [0.1, 0.15) is 6.10 Å². The van der Waals surface area contributed by atoms with Crippen LogP contribution in [0, 0.1) is 50.2 Å². The third-order valence-corrected chi connectivity index (χ3v) is 13.3. The molecule has 0 bridgehead atoms. The molecule has 0 aromatic carbocycles. The molecule has 0 spiro atoms. The van der Waals surface area contributed by atoms with Crippen LogP contribution >= 0.6 is 0 Å². The second kappa shape index (κ2) is 7.38. The van der Waals surface area contributed by atoms with Crippen LogP contribution in [0.2, 0.25) is 0 Å². The minimum Gasteiger partial charge on any atom is -0.462 e. The summed E-state index contributed by atoms with van der Waals surface area (Å²) in [7, 11) is 0. The molecule has 0 unspecified atom stereocenters. The van der Waals surface area contributed by atoms with E-state index in [0.29, 0.717) is 33.0 Å². The highest BCUT2D eigenvalue weighted by Crippen LogP contribution is 2.75. The van der Waals surface area contributed by atoms with Crippen molar-refractivity contribution in [3.63, 3.8) is 0 Å². The average molecular weight is 469 g/mol. The second-order valence-electron chi connectivity index (χ2n) is 15.8. The van der Waals surface area contributed by atoms with Crippen molar-refractivity contribution in [2.45, 2.75) is 133 Å². The Morgan fingerprint density at radius 2 is 1.53 bits per heavy atom. The van der Waals surface area contributed by atoms with Gasteiger partial charge in [0.2, 0.25) is 0 Å². The number of rotatable bonds is 1. The van der Waals surface area contributed by atoms with E-state index in [4.69, 9.17) is 4.74 Å². The summed E-state index contributed by atoms with van der Waals surface area (Å²) in [5.41, 5.74) is 3.92. The van der Waals surface area contributed by atoms with Crippen LogP contribution in [0.4, 0.5) is 0 Å². The molecule has 0 heterocycles. The highest BCUT2D eigenvalue weighted by Gasteiger charge is 2.68. The fraction of sp³-hybridized carbons (Fsp3) is 0.906. The first kappa shape index (κ1) is 24.9. The largest absolute Gasteiger partial charge is 0.462 e. The summed E-state index contributed by atoms with van der Waals surface area (Å²) in [5.74, 6) is 2.01. The number of carbonyl (C=O) groups excluding carboxylic acids is 1. The van der Waals surface area contributed by atoms with Crippen LogP contribution in [0.25, 0.3) is 0 Å². The molecule has 8 atom stereocenters. The molecule has 2 heteroatoms. The lowest BCUT2D eigenvalue weighted by atomic mass is 9.33. The van der Waals surface area contributed by atoms with Crippen LogP contribution in [0.3, 0.4) is 0 Å². The van der Waals surface area contributed by atoms with Crippen molar-refractivity contribution in [3.8, 4) is 0 Å². The number of fused-ring (bicyclic) bond motifs is 7. The van der Waals surface area contributed by atoms with E-state index >= 15 is 0 Å². The molecule has 34 heavy (non-hydrogen) atoms. The summed E-state index contributed by atoms with van der Waals surface area (Å²) >= 11 is 0. The van der Waals surface area contributed by atoms with Crippen LogP contribution in [0.15, 0.2) is 11.6 Å². The maximum Gasteiger partial charge on any atom is 0.302 e. The molecular weight excluding hydrogens is 416 g/mol. The monoisotopic (exact) mass is 468 g/mol. The number of hydrogen-bond donors (Lipinski definition) is 0. The Hall–Kier alpha value is -0.790. The zero-order valence-corrected chi connectivity index (χ0v) is 23.8. The van der Waals surface area contributed by atoms with Gasteiger partial charge in [0.25, 0.3) is 0 Å². The Labute approximate surface area is 210 Å². The van der Waals surface area contributed by atoms with Gasteiger partial charge in [-0.3, -0.25) is 4.79 Å². The predicted molar refractivity (Wildman–Crippen MR) is 140 cm³/mol. The van der Waals surface area contributed by atoms with Gasteiger partial charge >= 0.3 is 5.97 Å². The topological polar surface area (TPSA) is 26.3 Å². The van der Waals surface area contributed by atoms with E-state index in [0.717, 1.165) is 18.3 Å². The van der Waals surface area contributed by atoms with Crippen molar-refractivity contribution in [3.05, 3.63) is 11.6 Å². The molecule has 0 amide bonds. The molecule has 0 aromatic heterocycles. The molecular formula is C32H52O2. The highest BCUT2D eigenvalue weighted by atomic mass is 16.5. The first-order valence-corrected chi connectivity index (χ1v) is 14.5. The summed E-state index contributed by atoms with van der Waals surface area (Å²) in [6, 6.07) is 0. The van der Waals surface area contributed by atoms with Gasteiger partial charge in [-0.15, -0.1) is 0 Å². The number of carbonyl (C=O) groups is 1. The minimum atomic E-state index is -0.110. The standard InChI is InChI=1S/C32H52O2/c1-21(33)34-26-13-14-30(7)24(28(26,4)5)12-15-32(9)25(30)11-10-22-23-20-27(2,3)16-17-29(23,6)18-19-31(22,32)8/h10,23-26H,11-20H2,1-9H3/t23-,24-,25-,26+,29+,30-,31+,32-/m0/s1. The van der Waals surface area contributed by atoms with E-state index in [9.17, 15) is 4.79 Å². The molecule has 5 aliphatic rings. The number of esters is 1. The van der Waals surface area contributed by atoms with E-state index in [1.54, 1.807) is 6.92 Å². The Balaban J connectivity index is 1.53. The normalized spacial score (nSPS) is 51.1. The van der Waals surface area contributed by atoms with E-state index in [2.05, 4.69) is 61.5 Å². The average Bonchev–Trinajstić information content (AvgIpc) is 2.72. The third kappa shape index (κ3) is 3.21. The summed E-state index contributed by atoms with van der Waals surface area (Å²) in [4.78, 5) is 11.9. The number of hydrogen-bond acceptors (Lipinski definition) is 2. The van der Waals surface area contributed by atoms with Gasteiger partial charge < -0.3 is 4.74 Å². The zero-order chi connectivity index (χ0) is 24.9. The zero-order valence-electron chi connectivity index (χ0n) is 23.8. The van der Waals surface area contributed by atoms with Crippen molar-refractivity contribution in [2.75, 3.05) is 0 Å². The first-order chi connectivity index (χ1) is 15.6. The van der Waals surface area contributed by atoms with Crippen LogP contribution in [-0.4, -0.2) is 12.1 Å². The van der Waals surface area contributed by atoms with Gasteiger partial charge in [0.05, 0.1) is 0 Å². The molecule has 5 rings (SSSR count). The smallest absolute Gasteiger partial charge is 0.302 e.